The number of carbonyl (C=O) groups excluding carboxylic acids is 2. The smallest absolute Gasteiger partial charge is 0.341 e. The number of sulfonamides is 1. The van der Waals surface area contributed by atoms with Crippen LogP contribution in [0.5, 0.6) is 11.5 Å². The number of Topliss-reactive ketones (excluding diaryl/α,β-unsaturated/α-hetero) is 1. The van der Waals surface area contributed by atoms with E-state index >= 15 is 0 Å². The van der Waals surface area contributed by atoms with Crippen LogP contribution in [0.2, 0.25) is 0 Å². The van der Waals surface area contributed by atoms with E-state index in [2.05, 4.69) is 4.72 Å². The highest BCUT2D eigenvalue weighted by Gasteiger charge is 2.28. The zero-order valence-corrected chi connectivity index (χ0v) is 21.5. The summed E-state index contributed by atoms with van der Waals surface area (Å²) in [6, 6.07) is 27.2. The Labute approximate surface area is 220 Å². The standard InChI is InChI=1S/C29H25NO7S/c1-35-25-18-17-22(19-26(25)36-2)38(33,34)30-24-16-10-9-15-23(24)29(32)37-28(21-13-7-4-8-14-21)27(31)20-11-5-3-6-12-20/h3-19,28,30H,1-2H3. The van der Waals surface area contributed by atoms with Gasteiger partial charge in [-0.3, -0.25) is 9.52 Å². The minimum atomic E-state index is -4.13. The molecule has 4 aromatic rings. The number of para-hydroxylation sites is 1. The number of hydrogen-bond acceptors (Lipinski definition) is 7. The van der Waals surface area contributed by atoms with E-state index in [0.717, 1.165) is 0 Å². The van der Waals surface area contributed by atoms with Crippen LogP contribution in [0, 0.1) is 0 Å². The van der Waals surface area contributed by atoms with Gasteiger partial charge in [0.05, 0.1) is 30.4 Å². The van der Waals surface area contributed by atoms with Gasteiger partial charge < -0.3 is 14.2 Å². The summed E-state index contributed by atoms with van der Waals surface area (Å²) in [6.07, 6.45) is -1.23. The van der Waals surface area contributed by atoms with Gasteiger partial charge in [0.1, 0.15) is 0 Å². The van der Waals surface area contributed by atoms with Gasteiger partial charge in [-0.2, -0.15) is 0 Å². The first-order valence-corrected chi connectivity index (χ1v) is 13.0. The van der Waals surface area contributed by atoms with Crippen molar-refractivity contribution in [2.75, 3.05) is 18.9 Å². The summed E-state index contributed by atoms with van der Waals surface area (Å²) >= 11 is 0. The molecule has 0 bridgehead atoms. The van der Waals surface area contributed by atoms with E-state index in [1.165, 1.54) is 44.6 Å². The van der Waals surface area contributed by atoms with Crippen LogP contribution in [-0.4, -0.2) is 34.4 Å². The van der Waals surface area contributed by atoms with Gasteiger partial charge in [-0.1, -0.05) is 72.8 Å². The SMILES string of the molecule is COc1ccc(S(=O)(=O)Nc2ccccc2C(=O)OC(C(=O)c2ccccc2)c2ccccc2)cc1OC. The molecule has 1 N–H and O–H groups in total. The van der Waals surface area contributed by atoms with Crippen LogP contribution in [-0.2, 0) is 14.8 Å². The normalized spacial score (nSPS) is 11.7. The van der Waals surface area contributed by atoms with Crippen LogP contribution < -0.4 is 14.2 Å². The largest absolute Gasteiger partial charge is 0.493 e. The minimum Gasteiger partial charge on any atom is -0.493 e. The lowest BCUT2D eigenvalue weighted by Crippen LogP contribution is -2.22. The molecule has 0 aliphatic carbocycles. The maximum atomic E-state index is 13.3. The zero-order chi connectivity index (χ0) is 27.1. The number of benzene rings is 4. The Bertz CT molecular complexity index is 1540. The number of carbonyl (C=O) groups is 2. The fourth-order valence-corrected chi connectivity index (χ4v) is 4.86. The Morgan fingerprint density at radius 3 is 2.00 bits per heavy atom. The molecular weight excluding hydrogens is 506 g/mol. The molecule has 38 heavy (non-hydrogen) atoms. The van der Waals surface area contributed by atoms with Gasteiger partial charge >= 0.3 is 5.97 Å². The summed E-state index contributed by atoms with van der Waals surface area (Å²) in [4.78, 5) is 26.6. The van der Waals surface area contributed by atoms with Gasteiger partial charge in [-0.05, 0) is 24.3 Å². The van der Waals surface area contributed by atoms with Crippen molar-refractivity contribution in [1.29, 1.82) is 0 Å². The first kappa shape index (κ1) is 26.4. The molecular formula is C29H25NO7S. The third kappa shape index (κ3) is 5.84. The van der Waals surface area contributed by atoms with Crippen LogP contribution in [0.3, 0.4) is 0 Å². The van der Waals surface area contributed by atoms with Gasteiger partial charge in [0, 0.05) is 17.2 Å². The average Bonchev–Trinajstić information content (AvgIpc) is 2.96. The quantitative estimate of drug-likeness (QED) is 0.219. The number of esters is 1. The second kappa shape index (κ2) is 11.6. The van der Waals surface area contributed by atoms with Crippen molar-refractivity contribution in [2.24, 2.45) is 0 Å². The predicted octanol–water partition coefficient (Wildman–Crippen LogP) is 5.29. The predicted molar refractivity (Wildman–Crippen MR) is 142 cm³/mol. The molecule has 0 heterocycles. The summed E-state index contributed by atoms with van der Waals surface area (Å²) in [5.74, 6) is -0.680. The fourth-order valence-electron chi connectivity index (χ4n) is 3.76. The third-order valence-corrected chi connectivity index (χ3v) is 7.04. The van der Waals surface area contributed by atoms with E-state index < -0.39 is 27.9 Å². The van der Waals surface area contributed by atoms with Gasteiger partial charge in [-0.25, -0.2) is 13.2 Å². The number of methoxy groups -OCH3 is 2. The van der Waals surface area contributed by atoms with Gasteiger partial charge in [0.15, 0.2) is 17.6 Å². The van der Waals surface area contributed by atoms with Gasteiger partial charge in [-0.15, -0.1) is 0 Å². The molecule has 9 heteroatoms. The van der Waals surface area contributed by atoms with E-state index in [1.807, 2.05) is 0 Å². The van der Waals surface area contributed by atoms with Crippen molar-refractivity contribution < 1.29 is 32.2 Å². The molecule has 1 atom stereocenters. The van der Waals surface area contributed by atoms with E-state index in [-0.39, 0.29) is 21.9 Å². The lowest BCUT2D eigenvalue weighted by Gasteiger charge is -2.19. The molecule has 194 valence electrons. The van der Waals surface area contributed by atoms with Crippen LogP contribution in [0.25, 0.3) is 0 Å². The minimum absolute atomic E-state index is 0.00810. The highest BCUT2D eigenvalue weighted by atomic mass is 32.2. The Kier molecular flexibility index (Phi) is 8.08. The molecule has 0 saturated heterocycles. The van der Waals surface area contributed by atoms with Crippen LogP contribution in [0.4, 0.5) is 5.69 Å². The molecule has 4 aromatic carbocycles. The highest BCUT2D eigenvalue weighted by Crippen LogP contribution is 2.31. The van der Waals surface area contributed by atoms with E-state index in [1.54, 1.807) is 72.8 Å². The summed E-state index contributed by atoms with van der Waals surface area (Å²) in [6.45, 7) is 0. The Morgan fingerprint density at radius 2 is 1.34 bits per heavy atom. The maximum Gasteiger partial charge on any atom is 0.341 e. The lowest BCUT2D eigenvalue weighted by atomic mass is 9.99. The second-order valence-corrected chi connectivity index (χ2v) is 9.78. The fraction of sp³-hybridized carbons (Fsp3) is 0.103. The molecule has 0 aliphatic heterocycles. The van der Waals surface area contributed by atoms with Crippen molar-refractivity contribution in [1.82, 2.24) is 0 Å². The topological polar surface area (TPSA) is 108 Å². The highest BCUT2D eigenvalue weighted by molar-refractivity contribution is 7.92. The van der Waals surface area contributed by atoms with Crippen LogP contribution in [0.15, 0.2) is 108 Å². The van der Waals surface area contributed by atoms with Crippen molar-refractivity contribution >= 4 is 27.5 Å². The number of ketones is 1. The first-order chi connectivity index (χ1) is 18.3. The van der Waals surface area contributed by atoms with Crippen LogP contribution >= 0.6 is 0 Å². The van der Waals surface area contributed by atoms with E-state index in [0.29, 0.717) is 16.9 Å². The van der Waals surface area contributed by atoms with Crippen LogP contribution in [0.1, 0.15) is 32.4 Å². The maximum absolute atomic E-state index is 13.3. The van der Waals surface area contributed by atoms with E-state index in [9.17, 15) is 18.0 Å². The molecule has 0 saturated carbocycles. The Balaban J connectivity index is 1.64. The monoisotopic (exact) mass is 531 g/mol. The third-order valence-electron chi connectivity index (χ3n) is 5.68. The van der Waals surface area contributed by atoms with Gasteiger partial charge in [0.2, 0.25) is 5.78 Å². The number of ether oxygens (including phenoxy) is 3. The molecule has 0 spiro atoms. The Hall–Kier alpha value is -4.63. The number of rotatable bonds is 10. The molecule has 0 fully saturated rings. The summed E-state index contributed by atoms with van der Waals surface area (Å²) < 4.78 is 44.9. The second-order valence-electron chi connectivity index (χ2n) is 8.09. The molecule has 8 nitrogen and oxygen atoms in total. The molecule has 0 amide bonds. The van der Waals surface area contributed by atoms with Crippen molar-refractivity contribution in [2.45, 2.75) is 11.0 Å². The van der Waals surface area contributed by atoms with Crippen molar-refractivity contribution in [3.63, 3.8) is 0 Å². The summed E-state index contributed by atoms with van der Waals surface area (Å²) in [5, 5.41) is 0. The average molecular weight is 532 g/mol. The Morgan fingerprint density at radius 1 is 0.737 bits per heavy atom. The summed E-state index contributed by atoms with van der Waals surface area (Å²) in [5.41, 5.74) is 0.791. The van der Waals surface area contributed by atoms with Crippen molar-refractivity contribution in [3.8, 4) is 11.5 Å². The van der Waals surface area contributed by atoms with Gasteiger partial charge in [0.25, 0.3) is 10.0 Å². The molecule has 0 aliphatic rings. The molecule has 0 radical (unpaired) electrons. The number of hydrogen-bond donors (Lipinski definition) is 1. The zero-order valence-electron chi connectivity index (χ0n) is 20.7. The van der Waals surface area contributed by atoms with Crippen molar-refractivity contribution in [3.05, 3.63) is 120 Å². The molecule has 4 rings (SSSR count). The lowest BCUT2D eigenvalue weighted by molar-refractivity contribution is 0.0281. The molecule has 1 unspecified atom stereocenters. The number of nitrogens with one attached hydrogen (secondary N) is 1. The van der Waals surface area contributed by atoms with E-state index in [4.69, 9.17) is 14.2 Å². The summed E-state index contributed by atoms with van der Waals surface area (Å²) in [7, 11) is -1.29. The number of anilines is 1. The first-order valence-electron chi connectivity index (χ1n) is 11.5. The molecule has 0 aromatic heterocycles.